The molecule has 1 heterocycles. The van der Waals surface area contributed by atoms with Crippen LogP contribution in [-0.2, 0) is 9.84 Å². The molecule has 0 aliphatic carbocycles. The molecular formula is C27H28N2O6S. The fourth-order valence-electron chi connectivity index (χ4n) is 4.15. The first-order chi connectivity index (χ1) is 17.0. The van der Waals surface area contributed by atoms with Crippen molar-refractivity contribution in [2.75, 3.05) is 34.8 Å². The van der Waals surface area contributed by atoms with Crippen LogP contribution in [0.25, 0.3) is 11.1 Å². The molecule has 0 saturated carbocycles. The van der Waals surface area contributed by atoms with E-state index in [0.29, 0.717) is 11.6 Å². The molecule has 1 aliphatic heterocycles. The molecule has 36 heavy (non-hydrogen) atoms. The molecule has 4 rings (SSSR count). The topological polar surface area (TPSA) is 124 Å². The zero-order valence-corrected chi connectivity index (χ0v) is 20.9. The third-order valence-corrected chi connectivity index (χ3v) is 7.93. The van der Waals surface area contributed by atoms with Gasteiger partial charge in [-0.1, -0.05) is 44.2 Å². The van der Waals surface area contributed by atoms with Crippen molar-refractivity contribution in [1.29, 1.82) is 0 Å². The molecule has 0 spiro atoms. The number of rotatable bonds is 6. The van der Waals surface area contributed by atoms with Gasteiger partial charge in [0.1, 0.15) is 5.75 Å². The number of amides is 1. The Balaban J connectivity index is 1.65. The molecule has 1 saturated heterocycles. The van der Waals surface area contributed by atoms with E-state index in [1.807, 2.05) is 29.2 Å². The number of carbonyl (C=O) groups excluding carboxylic acids is 1. The van der Waals surface area contributed by atoms with Gasteiger partial charge >= 0.3 is 5.97 Å². The van der Waals surface area contributed by atoms with Crippen LogP contribution in [0.15, 0.2) is 60.7 Å². The van der Waals surface area contributed by atoms with Gasteiger partial charge in [-0.25, -0.2) is 13.2 Å². The molecule has 1 fully saturated rings. The number of nitrogens with zero attached hydrogens (tertiary/aromatic N) is 1. The maximum Gasteiger partial charge on any atom is 0.337 e. The molecule has 3 aromatic rings. The van der Waals surface area contributed by atoms with E-state index in [4.69, 9.17) is 0 Å². The summed E-state index contributed by atoms with van der Waals surface area (Å²) in [6, 6.07) is 17.1. The summed E-state index contributed by atoms with van der Waals surface area (Å²) in [5.41, 5.74) is 3.35. The minimum Gasteiger partial charge on any atom is -0.507 e. The van der Waals surface area contributed by atoms with Gasteiger partial charge in [0.25, 0.3) is 5.91 Å². The van der Waals surface area contributed by atoms with Gasteiger partial charge < -0.3 is 20.4 Å². The van der Waals surface area contributed by atoms with E-state index in [1.54, 1.807) is 18.2 Å². The van der Waals surface area contributed by atoms with Gasteiger partial charge in [0, 0.05) is 18.8 Å². The quantitative estimate of drug-likeness (QED) is 0.452. The average molecular weight is 509 g/mol. The van der Waals surface area contributed by atoms with Gasteiger partial charge in [-0.05, 0) is 52.9 Å². The zero-order valence-electron chi connectivity index (χ0n) is 20.1. The Morgan fingerprint density at radius 3 is 2.28 bits per heavy atom. The van der Waals surface area contributed by atoms with E-state index in [2.05, 4.69) is 19.2 Å². The van der Waals surface area contributed by atoms with Crippen molar-refractivity contribution in [1.82, 2.24) is 0 Å². The molecule has 3 N–H and O–H groups in total. The second-order valence-electron chi connectivity index (χ2n) is 9.14. The number of sulfone groups is 1. The van der Waals surface area contributed by atoms with E-state index < -0.39 is 21.7 Å². The summed E-state index contributed by atoms with van der Waals surface area (Å²) >= 11 is 0. The first-order valence-corrected chi connectivity index (χ1v) is 13.4. The Bertz CT molecular complexity index is 1420. The van der Waals surface area contributed by atoms with Crippen molar-refractivity contribution >= 4 is 33.1 Å². The molecule has 8 nitrogen and oxygen atoms in total. The van der Waals surface area contributed by atoms with Crippen LogP contribution in [0.2, 0.25) is 0 Å². The third-order valence-electron chi connectivity index (χ3n) is 6.32. The lowest BCUT2D eigenvalue weighted by molar-refractivity contribution is 0.0698. The largest absolute Gasteiger partial charge is 0.507 e. The lowest BCUT2D eigenvalue weighted by Gasteiger charge is -2.29. The number of carboxylic acids is 1. The standard InChI is InChI=1S/C27H28N2O6S/c1-17(2)18-4-3-5-19(14-18)20-6-8-22(27(32)33)24(15-20)28-26(31)23-16-21(7-9-25(23)30)29-10-12-36(34,35)13-11-29/h3-9,14-17,30H,10-13H2,1-2H3,(H,28,31)(H,32,33). The highest BCUT2D eigenvalue weighted by Crippen LogP contribution is 2.30. The first-order valence-electron chi connectivity index (χ1n) is 11.6. The van der Waals surface area contributed by atoms with E-state index >= 15 is 0 Å². The van der Waals surface area contributed by atoms with E-state index in [0.717, 1.165) is 16.7 Å². The van der Waals surface area contributed by atoms with Crippen LogP contribution in [0.1, 0.15) is 46.0 Å². The maximum atomic E-state index is 13.2. The SMILES string of the molecule is CC(C)c1cccc(-c2ccc(C(=O)O)c(NC(=O)c3cc(N4CCS(=O)(=O)CC4)ccc3O)c2)c1. The first kappa shape index (κ1) is 25.2. The Kier molecular flexibility index (Phi) is 7.03. The number of aromatic hydroxyl groups is 1. The Morgan fingerprint density at radius 2 is 1.61 bits per heavy atom. The molecule has 0 atom stereocenters. The molecule has 1 amide bonds. The van der Waals surface area contributed by atoms with E-state index in [-0.39, 0.29) is 47.2 Å². The number of hydrogen-bond acceptors (Lipinski definition) is 6. The van der Waals surface area contributed by atoms with Crippen LogP contribution < -0.4 is 10.2 Å². The number of carboxylic acid groups (broad SMARTS) is 1. The Labute approximate surface area is 210 Å². The second kappa shape index (κ2) is 10.0. The lowest BCUT2D eigenvalue weighted by atomic mass is 9.96. The van der Waals surface area contributed by atoms with Crippen LogP contribution in [0.4, 0.5) is 11.4 Å². The number of hydrogen-bond donors (Lipinski definition) is 3. The van der Waals surface area contributed by atoms with Gasteiger partial charge in [-0.15, -0.1) is 0 Å². The van der Waals surface area contributed by atoms with Gasteiger partial charge in [-0.3, -0.25) is 4.79 Å². The van der Waals surface area contributed by atoms with Crippen LogP contribution >= 0.6 is 0 Å². The lowest BCUT2D eigenvalue weighted by Crippen LogP contribution is -2.40. The number of nitrogens with one attached hydrogen (secondary N) is 1. The predicted octanol–water partition coefficient (Wildman–Crippen LogP) is 4.37. The minimum atomic E-state index is -3.07. The molecule has 9 heteroatoms. The number of carbonyl (C=O) groups is 2. The number of anilines is 2. The maximum absolute atomic E-state index is 13.2. The highest BCUT2D eigenvalue weighted by Gasteiger charge is 2.24. The fourth-order valence-corrected chi connectivity index (χ4v) is 5.36. The van der Waals surface area contributed by atoms with Crippen LogP contribution in [0.5, 0.6) is 5.75 Å². The molecule has 1 aliphatic rings. The summed E-state index contributed by atoms with van der Waals surface area (Å²) in [7, 11) is -3.07. The van der Waals surface area contributed by atoms with Crippen LogP contribution in [-0.4, -0.2) is 55.1 Å². The monoisotopic (exact) mass is 508 g/mol. The predicted molar refractivity (Wildman–Crippen MR) is 140 cm³/mol. The molecule has 0 bridgehead atoms. The van der Waals surface area contributed by atoms with Crippen molar-refractivity contribution in [2.24, 2.45) is 0 Å². The fraction of sp³-hybridized carbons (Fsp3) is 0.259. The van der Waals surface area contributed by atoms with Crippen molar-refractivity contribution in [3.63, 3.8) is 0 Å². The number of benzene rings is 3. The molecule has 0 aromatic heterocycles. The number of phenols is 1. The highest BCUT2D eigenvalue weighted by atomic mass is 32.2. The molecular weight excluding hydrogens is 480 g/mol. The zero-order chi connectivity index (χ0) is 26.0. The second-order valence-corrected chi connectivity index (χ2v) is 11.4. The van der Waals surface area contributed by atoms with E-state index in [9.17, 15) is 28.2 Å². The van der Waals surface area contributed by atoms with Gasteiger partial charge in [0.05, 0.1) is 28.3 Å². The van der Waals surface area contributed by atoms with Gasteiger partial charge in [0.15, 0.2) is 9.84 Å². The molecule has 0 unspecified atom stereocenters. The smallest absolute Gasteiger partial charge is 0.337 e. The average Bonchev–Trinajstić information content (AvgIpc) is 2.84. The highest BCUT2D eigenvalue weighted by molar-refractivity contribution is 7.91. The van der Waals surface area contributed by atoms with Gasteiger partial charge in [0.2, 0.25) is 0 Å². The normalized spacial score (nSPS) is 15.0. The van der Waals surface area contributed by atoms with Crippen LogP contribution in [0.3, 0.4) is 0 Å². The van der Waals surface area contributed by atoms with Crippen LogP contribution in [0, 0.1) is 0 Å². The summed E-state index contributed by atoms with van der Waals surface area (Å²) in [6.45, 7) is 4.74. The van der Waals surface area contributed by atoms with Crippen molar-refractivity contribution in [3.05, 3.63) is 77.4 Å². The van der Waals surface area contributed by atoms with E-state index in [1.165, 1.54) is 18.2 Å². The number of phenolic OH excluding ortho intramolecular Hbond substituents is 1. The van der Waals surface area contributed by atoms with Crippen molar-refractivity contribution in [2.45, 2.75) is 19.8 Å². The summed E-state index contributed by atoms with van der Waals surface area (Å²) < 4.78 is 23.5. The molecule has 188 valence electrons. The third kappa shape index (κ3) is 5.52. The van der Waals surface area contributed by atoms with Crippen molar-refractivity contribution in [3.8, 4) is 16.9 Å². The molecule has 3 aromatic carbocycles. The van der Waals surface area contributed by atoms with Crippen molar-refractivity contribution < 1.29 is 28.2 Å². The molecule has 0 radical (unpaired) electrons. The van der Waals surface area contributed by atoms with Gasteiger partial charge in [-0.2, -0.15) is 0 Å². The summed E-state index contributed by atoms with van der Waals surface area (Å²) in [4.78, 5) is 26.9. The summed E-state index contributed by atoms with van der Waals surface area (Å²) in [6.07, 6.45) is 0. The number of aromatic carboxylic acids is 1. The Morgan fingerprint density at radius 1 is 0.917 bits per heavy atom. The summed E-state index contributed by atoms with van der Waals surface area (Å²) in [5, 5.41) is 22.7. The summed E-state index contributed by atoms with van der Waals surface area (Å²) in [5.74, 6) is -1.78. The Hall–Kier alpha value is -3.85. The minimum absolute atomic E-state index is 0.0161.